The smallest absolute Gasteiger partial charge is 0.331 e. The Labute approximate surface area is 201 Å². The molecule has 0 spiro atoms. The number of rotatable bonds is 6. The fourth-order valence-corrected chi connectivity index (χ4v) is 8.85. The molecule has 0 amide bonds. The minimum Gasteiger partial charge on any atom is -0.458 e. The maximum absolute atomic E-state index is 12.3. The van der Waals surface area contributed by atoms with Crippen LogP contribution in [0.2, 0.25) is 0 Å². The number of carbonyl (C=O) groups is 1. The number of carbonyl (C=O) groups excluding carboxylic acids is 1. The van der Waals surface area contributed by atoms with Gasteiger partial charge in [0.15, 0.2) is 0 Å². The van der Waals surface area contributed by atoms with Crippen LogP contribution in [0.3, 0.4) is 0 Å². The highest BCUT2D eigenvalue weighted by Crippen LogP contribution is 2.70. The van der Waals surface area contributed by atoms with Crippen LogP contribution in [-0.2, 0) is 19.2 Å². The Kier molecular flexibility index (Phi) is 5.55. The van der Waals surface area contributed by atoms with Gasteiger partial charge < -0.3 is 24.6 Å². The van der Waals surface area contributed by atoms with Gasteiger partial charge in [-0.05, 0) is 74.7 Å². The summed E-state index contributed by atoms with van der Waals surface area (Å²) in [6.07, 6.45) is 4.45. The summed E-state index contributed by atoms with van der Waals surface area (Å²) in [6.45, 7) is 1.97. The Hall–Kier alpha value is -2.47. The van der Waals surface area contributed by atoms with Crippen molar-refractivity contribution in [3.8, 4) is 0 Å². The molecule has 0 radical (unpaired) electrons. The fraction of sp³-hybridized carbons (Fsp3) is 0.870. The van der Waals surface area contributed by atoms with Gasteiger partial charge >= 0.3 is 5.97 Å². The van der Waals surface area contributed by atoms with Crippen LogP contribution in [0.1, 0.15) is 64.7 Å². The van der Waals surface area contributed by atoms with Crippen molar-refractivity contribution in [2.75, 3.05) is 13.2 Å². The quantitative estimate of drug-likeness (QED) is 0.315. The zero-order chi connectivity index (χ0) is 25.2. The lowest BCUT2D eigenvalue weighted by Gasteiger charge is -2.66. The first-order valence-corrected chi connectivity index (χ1v) is 12.3. The summed E-state index contributed by atoms with van der Waals surface area (Å²) in [4.78, 5) is 43.5. The van der Waals surface area contributed by atoms with Crippen molar-refractivity contribution in [3.05, 3.63) is 31.9 Å². The number of cyclic esters (lactones) is 1. The first-order valence-electron chi connectivity index (χ1n) is 12.3. The van der Waals surface area contributed by atoms with Gasteiger partial charge in [0.05, 0.1) is 11.2 Å². The van der Waals surface area contributed by atoms with E-state index in [4.69, 9.17) is 14.4 Å². The van der Waals surface area contributed by atoms with Crippen LogP contribution in [0.15, 0.2) is 11.6 Å². The van der Waals surface area contributed by atoms with Gasteiger partial charge in [-0.1, -0.05) is 6.92 Å². The predicted molar refractivity (Wildman–Crippen MR) is 116 cm³/mol. The van der Waals surface area contributed by atoms with Gasteiger partial charge in [0.25, 0.3) is 10.2 Å². The Morgan fingerprint density at radius 1 is 1.06 bits per heavy atom. The highest BCUT2D eigenvalue weighted by atomic mass is 17.0. The third-order valence-corrected chi connectivity index (χ3v) is 10.4. The van der Waals surface area contributed by atoms with E-state index in [2.05, 4.69) is 6.92 Å². The standard InChI is InChI=1S/C23H32N2O10/c1-20-6-3-17-18(23(20,28)9-5-16(20)14-10-19(26)33-12-14)4-8-22(27)11-15(35-25(31)32)2-7-21(17,22)13-34-24(29)30/h10,15-18,27-28H,2-9,11-13H2,1H3/t15-,16+,17-,18+,20+,21-,22-,23-/m0/s1. The number of ether oxygens (including phenoxy) is 1. The van der Waals surface area contributed by atoms with E-state index in [1.54, 1.807) is 0 Å². The molecule has 0 bridgehead atoms. The zero-order valence-electron chi connectivity index (χ0n) is 19.7. The molecule has 4 fully saturated rings. The van der Waals surface area contributed by atoms with Gasteiger partial charge in [-0.3, -0.25) is 0 Å². The molecule has 4 aliphatic carbocycles. The summed E-state index contributed by atoms with van der Waals surface area (Å²) in [7, 11) is 0. The van der Waals surface area contributed by atoms with Crippen LogP contribution in [0.25, 0.3) is 0 Å². The summed E-state index contributed by atoms with van der Waals surface area (Å²) in [5.41, 5.74) is -3.15. The molecule has 0 aromatic heterocycles. The lowest BCUT2D eigenvalue weighted by atomic mass is 9.41. The molecule has 12 heteroatoms. The lowest BCUT2D eigenvalue weighted by molar-refractivity contribution is -0.772. The highest BCUT2D eigenvalue weighted by molar-refractivity contribution is 5.85. The largest absolute Gasteiger partial charge is 0.458 e. The molecule has 8 atom stereocenters. The van der Waals surface area contributed by atoms with Crippen LogP contribution >= 0.6 is 0 Å². The monoisotopic (exact) mass is 496 g/mol. The minimum absolute atomic E-state index is 0.00378. The summed E-state index contributed by atoms with van der Waals surface area (Å²) >= 11 is 0. The number of nitrogens with zero attached hydrogens (tertiary/aromatic N) is 2. The third-order valence-electron chi connectivity index (χ3n) is 10.4. The molecule has 2 N–H and O–H groups in total. The molecule has 12 nitrogen and oxygen atoms in total. The van der Waals surface area contributed by atoms with E-state index in [-0.39, 0.29) is 62.6 Å². The van der Waals surface area contributed by atoms with Crippen molar-refractivity contribution in [2.24, 2.45) is 28.6 Å². The number of fused-ring (bicyclic) bond motifs is 5. The Morgan fingerprint density at radius 2 is 1.80 bits per heavy atom. The average molecular weight is 497 g/mol. The second kappa shape index (κ2) is 8.02. The van der Waals surface area contributed by atoms with Gasteiger partial charge in [-0.25, -0.2) is 4.79 Å². The number of hydrogen-bond donors (Lipinski definition) is 2. The van der Waals surface area contributed by atoms with Gasteiger partial charge in [0.2, 0.25) is 0 Å². The molecular formula is C23H32N2O10. The van der Waals surface area contributed by atoms with Crippen LogP contribution in [-0.4, -0.2) is 56.9 Å². The van der Waals surface area contributed by atoms with E-state index in [1.807, 2.05) is 0 Å². The normalized spacial score (nSPS) is 46.5. The van der Waals surface area contributed by atoms with Gasteiger partial charge in [0.1, 0.15) is 19.3 Å². The SMILES string of the molecule is C[C@]12CC[C@H]3[C@@H](CC[C@]4(O)C[C@@H](O[N+](=O)[O-])CC[C@]34CO[N+](=O)[O-])[C@@]1(O)CC[C@@H]2C1=CC(=O)OC1. The number of hydrogen-bond acceptors (Lipinski definition) is 10. The molecule has 35 heavy (non-hydrogen) atoms. The molecule has 5 aliphatic rings. The van der Waals surface area contributed by atoms with Gasteiger partial charge in [0, 0.05) is 23.3 Å². The van der Waals surface area contributed by atoms with Gasteiger partial charge in [-0.15, -0.1) is 20.2 Å². The zero-order valence-corrected chi connectivity index (χ0v) is 19.7. The number of esters is 1. The Morgan fingerprint density at radius 3 is 2.46 bits per heavy atom. The van der Waals surface area contributed by atoms with Crippen molar-refractivity contribution in [2.45, 2.75) is 82.0 Å². The minimum atomic E-state index is -1.44. The van der Waals surface area contributed by atoms with Crippen molar-refractivity contribution >= 4 is 5.97 Å². The van der Waals surface area contributed by atoms with E-state index in [0.717, 1.165) is 5.57 Å². The van der Waals surface area contributed by atoms with Crippen molar-refractivity contribution in [1.82, 2.24) is 0 Å². The lowest BCUT2D eigenvalue weighted by Crippen LogP contribution is -2.69. The molecule has 194 valence electrons. The van der Waals surface area contributed by atoms with Gasteiger partial charge in [-0.2, -0.15) is 0 Å². The molecule has 0 saturated heterocycles. The molecule has 5 rings (SSSR count). The second-order valence-corrected chi connectivity index (χ2v) is 11.4. The molecule has 1 aliphatic heterocycles. The summed E-state index contributed by atoms with van der Waals surface area (Å²) in [5, 5.41) is 44.5. The van der Waals surface area contributed by atoms with Crippen molar-refractivity contribution in [3.63, 3.8) is 0 Å². The highest BCUT2D eigenvalue weighted by Gasteiger charge is 2.71. The van der Waals surface area contributed by atoms with E-state index in [9.17, 15) is 35.2 Å². The maximum atomic E-state index is 12.3. The second-order valence-electron chi connectivity index (χ2n) is 11.4. The Bertz CT molecular complexity index is 972. The van der Waals surface area contributed by atoms with Crippen molar-refractivity contribution in [1.29, 1.82) is 0 Å². The van der Waals surface area contributed by atoms with Crippen LogP contribution in [0.4, 0.5) is 0 Å². The topological polar surface area (TPSA) is 171 Å². The number of aliphatic hydroxyl groups is 2. The third kappa shape index (κ3) is 3.43. The van der Waals surface area contributed by atoms with Crippen LogP contribution in [0, 0.1) is 48.8 Å². The fourth-order valence-electron chi connectivity index (χ4n) is 8.85. The first kappa shape index (κ1) is 24.2. The van der Waals surface area contributed by atoms with Crippen LogP contribution in [0.5, 0.6) is 0 Å². The molecule has 0 unspecified atom stereocenters. The predicted octanol–water partition coefficient (Wildman–Crippen LogP) is 2.12. The van der Waals surface area contributed by atoms with E-state index in [0.29, 0.717) is 32.1 Å². The van der Waals surface area contributed by atoms with Crippen LogP contribution < -0.4 is 0 Å². The van der Waals surface area contributed by atoms with Crippen molar-refractivity contribution < 1.29 is 39.6 Å². The Balaban J connectivity index is 1.48. The molecule has 1 heterocycles. The molecule has 0 aromatic carbocycles. The molecule has 0 aromatic rings. The summed E-state index contributed by atoms with van der Waals surface area (Å²) < 4.78 is 5.15. The molecular weight excluding hydrogens is 464 g/mol. The molecule has 4 saturated carbocycles. The maximum Gasteiger partial charge on any atom is 0.331 e. The van der Waals surface area contributed by atoms with E-state index in [1.165, 1.54) is 6.08 Å². The summed E-state index contributed by atoms with van der Waals surface area (Å²) in [6, 6.07) is 0. The van der Waals surface area contributed by atoms with E-state index < -0.39 is 38.3 Å². The summed E-state index contributed by atoms with van der Waals surface area (Å²) in [5.74, 6) is -0.852. The first-order chi connectivity index (χ1) is 16.4. The van der Waals surface area contributed by atoms with E-state index >= 15 is 0 Å². The average Bonchev–Trinajstić information content (AvgIpc) is 3.31.